The van der Waals surface area contributed by atoms with Gasteiger partial charge < -0.3 is 11.1 Å². The first-order valence-electron chi connectivity index (χ1n) is 5.66. The first-order valence-corrected chi connectivity index (χ1v) is 6.83. The lowest BCUT2D eigenvalue weighted by atomic mass is 10.3. The third kappa shape index (κ3) is 5.35. The lowest BCUT2D eigenvalue weighted by Crippen LogP contribution is -2.31. The van der Waals surface area contributed by atoms with E-state index < -0.39 is 0 Å². The largest absolute Gasteiger partial charge is 0.330 e. The van der Waals surface area contributed by atoms with Crippen LogP contribution in [0.4, 0.5) is 5.69 Å². The topological polar surface area (TPSA) is 58.4 Å². The Kier molecular flexibility index (Phi) is 6.63. The minimum Gasteiger partial charge on any atom is -0.330 e. The van der Waals surface area contributed by atoms with E-state index in [0.29, 0.717) is 23.8 Å². The SMILES string of the molecule is CN(CCCN)CC(=O)Nc1ccc(Br)cc1Cl. The van der Waals surface area contributed by atoms with E-state index in [-0.39, 0.29) is 5.91 Å². The number of halogens is 2. The molecule has 0 atom stereocenters. The minimum absolute atomic E-state index is 0.0845. The van der Waals surface area contributed by atoms with Crippen LogP contribution in [0.15, 0.2) is 22.7 Å². The highest BCUT2D eigenvalue weighted by molar-refractivity contribution is 9.10. The molecule has 0 unspecified atom stereocenters. The molecule has 0 aromatic heterocycles. The fraction of sp³-hybridized carbons (Fsp3) is 0.417. The molecule has 0 fully saturated rings. The van der Waals surface area contributed by atoms with Crippen molar-refractivity contribution in [1.82, 2.24) is 4.90 Å². The molecule has 0 bridgehead atoms. The van der Waals surface area contributed by atoms with Gasteiger partial charge in [-0.15, -0.1) is 0 Å². The number of likely N-dealkylation sites (N-methyl/N-ethyl adjacent to an activating group) is 1. The van der Waals surface area contributed by atoms with E-state index in [1.54, 1.807) is 12.1 Å². The summed E-state index contributed by atoms with van der Waals surface area (Å²) in [7, 11) is 1.89. The molecule has 3 N–H and O–H groups in total. The maximum Gasteiger partial charge on any atom is 0.238 e. The molecule has 18 heavy (non-hydrogen) atoms. The van der Waals surface area contributed by atoms with Crippen molar-refractivity contribution in [2.24, 2.45) is 5.73 Å². The van der Waals surface area contributed by atoms with Crippen LogP contribution in [0.3, 0.4) is 0 Å². The van der Waals surface area contributed by atoms with Crippen molar-refractivity contribution in [1.29, 1.82) is 0 Å². The second-order valence-corrected chi connectivity index (χ2v) is 5.38. The summed E-state index contributed by atoms with van der Waals surface area (Å²) in [6.45, 7) is 1.76. The van der Waals surface area contributed by atoms with E-state index in [4.69, 9.17) is 17.3 Å². The highest BCUT2D eigenvalue weighted by atomic mass is 79.9. The van der Waals surface area contributed by atoms with Gasteiger partial charge >= 0.3 is 0 Å². The van der Waals surface area contributed by atoms with Crippen LogP contribution in [0.25, 0.3) is 0 Å². The van der Waals surface area contributed by atoms with Gasteiger partial charge in [0.2, 0.25) is 5.91 Å². The Bertz CT molecular complexity index is 414. The number of carbonyl (C=O) groups excluding carboxylic acids is 1. The van der Waals surface area contributed by atoms with Crippen molar-refractivity contribution in [2.45, 2.75) is 6.42 Å². The lowest BCUT2D eigenvalue weighted by Gasteiger charge is -2.16. The molecule has 0 aliphatic carbocycles. The second kappa shape index (κ2) is 7.74. The van der Waals surface area contributed by atoms with Crippen LogP contribution < -0.4 is 11.1 Å². The van der Waals surface area contributed by atoms with Gasteiger partial charge in [-0.3, -0.25) is 9.69 Å². The Morgan fingerprint density at radius 1 is 1.56 bits per heavy atom. The summed E-state index contributed by atoms with van der Waals surface area (Å²) in [5.41, 5.74) is 6.04. The number of hydrogen-bond donors (Lipinski definition) is 2. The van der Waals surface area contributed by atoms with E-state index in [9.17, 15) is 4.79 Å². The van der Waals surface area contributed by atoms with Crippen molar-refractivity contribution in [3.8, 4) is 0 Å². The van der Waals surface area contributed by atoms with Gasteiger partial charge in [0.1, 0.15) is 0 Å². The molecule has 1 aromatic carbocycles. The third-order valence-corrected chi connectivity index (χ3v) is 3.17. The number of benzene rings is 1. The van der Waals surface area contributed by atoms with E-state index in [0.717, 1.165) is 17.4 Å². The van der Waals surface area contributed by atoms with Crippen LogP contribution >= 0.6 is 27.5 Å². The Labute approximate surface area is 121 Å². The molecule has 0 radical (unpaired) electrons. The minimum atomic E-state index is -0.0845. The van der Waals surface area contributed by atoms with E-state index in [1.807, 2.05) is 18.0 Å². The summed E-state index contributed by atoms with van der Waals surface area (Å²) < 4.78 is 0.880. The normalized spacial score (nSPS) is 10.7. The van der Waals surface area contributed by atoms with Crippen LogP contribution in [0.2, 0.25) is 5.02 Å². The predicted molar refractivity (Wildman–Crippen MR) is 79.0 cm³/mol. The van der Waals surface area contributed by atoms with Crippen molar-refractivity contribution in [2.75, 3.05) is 32.0 Å². The zero-order chi connectivity index (χ0) is 13.5. The average Bonchev–Trinajstić information content (AvgIpc) is 2.30. The Morgan fingerprint density at radius 3 is 2.89 bits per heavy atom. The number of amides is 1. The standard InChI is InChI=1S/C12H17BrClN3O/c1-17(6-2-5-15)8-12(18)16-11-4-3-9(13)7-10(11)14/h3-4,7H,2,5-6,8,15H2,1H3,(H,16,18). The molecule has 0 heterocycles. The van der Waals surface area contributed by atoms with Gasteiger partial charge in [0.25, 0.3) is 0 Å². The first-order chi connectivity index (χ1) is 8.52. The van der Waals surface area contributed by atoms with Crippen LogP contribution in [0.1, 0.15) is 6.42 Å². The quantitative estimate of drug-likeness (QED) is 0.839. The van der Waals surface area contributed by atoms with E-state index in [1.165, 1.54) is 0 Å². The summed E-state index contributed by atoms with van der Waals surface area (Å²) in [6, 6.07) is 5.35. The fourth-order valence-corrected chi connectivity index (χ4v) is 2.19. The molecule has 4 nitrogen and oxygen atoms in total. The smallest absolute Gasteiger partial charge is 0.238 e. The Hall–Kier alpha value is -0.620. The molecular weight excluding hydrogens is 318 g/mol. The molecule has 0 saturated heterocycles. The number of nitrogens with one attached hydrogen (secondary N) is 1. The number of carbonyl (C=O) groups is 1. The van der Waals surface area contributed by atoms with Crippen molar-refractivity contribution >= 4 is 39.1 Å². The Balaban J connectivity index is 2.49. The Morgan fingerprint density at radius 2 is 2.28 bits per heavy atom. The number of nitrogens with zero attached hydrogens (tertiary/aromatic N) is 1. The summed E-state index contributed by atoms with van der Waals surface area (Å²) in [4.78, 5) is 13.7. The van der Waals surface area contributed by atoms with Crippen molar-refractivity contribution in [3.63, 3.8) is 0 Å². The second-order valence-electron chi connectivity index (χ2n) is 4.05. The van der Waals surface area contributed by atoms with E-state index in [2.05, 4.69) is 21.2 Å². The number of rotatable bonds is 6. The van der Waals surface area contributed by atoms with Crippen molar-refractivity contribution < 1.29 is 4.79 Å². The van der Waals surface area contributed by atoms with Gasteiger partial charge in [-0.05, 0) is 44.8 Å². The predicted octanol–water partition coefficient (Wildman–Crippen LogP) is 2.32. The summed E-state index contributed by atoms with van der Waals surface area (Å²) in [6.07, 6.45) is 0.878. The third-order valence-electron chi connectivity index (χ3n) is 2.36. The van der Waals surface area contributed by atoms with Crippen molar-refractivity contribution in [3.05, 3.63) is 27.7 Å². The molecule has 6 heteroatoms. The van der Waals surface area contributed by atoms with Gasteiger partial charge in [0, 0.05) is 4.47 Å². The van der Waals surface area contributed by atoms with Crippen LogP contribution in [-0.4, -0.2) is 37.5 Å². The van der Waals surface area contributed by atoms with Gasteiger partial charge in [-0.1, -0.05) is 27.5 Å². The summed E-state index contributed by atoms with van der Waals surface area (Å²) in [5, 5.41) is 3.30. The highest BCUT2D eigenvalue weighted by Gasteiger charge is 2.08. The average molecular weight is 335 g/mol. The van der Waals surface area contributed by atoms with Crippen LogP contribution in [-0.2, 0) is 4.79 Å². The molecule has 0 spiro atoms. The van der Waals surface area contributed by atoms with Crippen LogP contribution in [0.5, 0.6) is 0 Å². The maximum absolute atomic E-state index is 11.8. The van der Waals surface area contributed by atoms with Crippen LogP contribution in [0, 0.1) is 0 Å². The van der Waals surface area contributed by atoms with Gasteiger partial charge in [0.15, 0.2) is 0 Å². The lowest BCUT2D eigenvalue weighted by molar-refractivity contribution is -0.117. The molecular formula is C12H17BrClN3O. The van der Waals surface area contributed by atoms with Gasteiger partial charge in [-0.2, -0.15) is 0 Å². The monoisotopic (exact) mass is 333 g/mol. The summed E-state index contributed by atoms with van der Waals surface area (Å²) in [5.74, 6) is -0.0845. The molecule has 100 valence electrons. The number of hydrogen-bond acceptors (Lipinski definition) is 3. The zero-order valence-corrected chi connectivity index (χ0v) is 12.6. The number of nitrogens with two attached hydrogens (primary N) is 1. The fourth-order valence-electron chi connectivity index (χ4n) is 1.47. The number of anilines is 1. The molecule has 1 rings (SSSR count). The summed E-state index contributed by atoms with van der Waals surface area (Å²) >= 11 is 9.33. The van der Waals surface area contributed by atoms with Gasteiger partial charge in [0.05, 0.1) is 17.3 Å². The maximum atomic E-state index is 11.8. The highest BCUT2D eigenvalue weighted by Crippen LogP contribution is 2.25. The molecule has 0 saturated carbocycles. The van der Waals surface area contributed by atoms with Gasteiger partial charge in [-0.25, -0.2) is 0 Å². The first kappa shape index (κ1) is 15.4. The molecule has 0 aliphatic rings. The molecule has 1 aromatic rings. The molecule has 1 amide bonds. The van der Waals surface area contributed by atoms with E-state index >= 15 is 0 Å². The zero-order valence-electron chi connectivity index (χ0n) is 10.2. The molecule has 0 aliphatic heterocycles.